The molecule has 0 spiro atoms. The van der Waals surface area contributed by atoms with Crippen molar-refractivity contribution in [1.29, 1.82) is 0 Å². The maximum Gasteiger partial charge on any atom is 0.164 e. The van der Waals surface area contributed by atoms with Crippen molar-refractivity contribution in [1.82, 2.24) is 15.0 Å². The molecule has 10 aromatic carbocycles. The first-order chi connectivity index (χ1) is 31.0. The number of aromatic nitrogens is 3. The topological polar surface area (TPSA) is 38.7 Å². The van der Waals surface area contributed by atoms with Gasteiger partial charge in [-0.3, -0.25) is 0 Å². The van der Waals surface area contributed by atoms with Crippen molar-refractivity contribution in [2.75, 3.05) is 0 Å². The minimum Gasteiger partial charge on any atom is -0.208 e. The maximum absolute atomic E-state index is 5.23. The molecule has 12 rings (SSSR count). The molecule has 296 valence electrons. The van der Waals surface area contributed by atoms with Gasteiger partial charge >= 0.3 is 0 Å². The Kier molecular flexibility index (Phi) is 8.52. The van der Waals surface area contributed by atoms with Crippen molar-refractivity contribution >= 4 is 32.3 Å². The Morgan fingerprint density at radius 3 is 1.57 bits per heavy atom. The van der Waals surface area contributed by atoms with E-state index in [1.807, 2.05) is 6.07 Å². The molecule has 0 unspecified atom stereocenters. The molecular weight excluding hydrogens is 763 g/mol. The highest BCUT2D eigenvalue weighted by atomic mass is 15.0. The molecular formula is C60H41N3. The Labute approximate surface area is 367 Å². The third kappa shape index (κ3) is 6.15. The molecule has 63 heavy (non-hydrogen) atoms. The van der Waals surface area contributed by atoms with Gasteiger partial charge in [-0.05, 0) is 100 Å². The van der Waals surface area contributed by atoms with Crippen LogP contribution in [0.4, 0.5) is 0 Å². The molecule has 1 aliphatic carbocycles. The number of benzene rings is 10. The smallest absolute Gasteiger partial charge is 0.164 e. The molecule has 0 atom stereocenters. The summed E-state index contributed by atoms with van der Waals surface area (Å²) in [7, 11) is 0. The second kappa shape index (κ2) is 14.6. The molecule has 0 fully saturated rings. The normalized spacial score (nSPS) is 12.7. The van der Waals surface area contributed by atoms with Gasteiger partial charge in [0.15, 0.2) is 17.5 Å². The van der Waals surface area contributed by atoms with Gasteiger partial charge < -0.3 is 0 Å². The molecule has 3 heteroatoms. The Bertz CT molecular complexity index is 3570. The number of hydrogen-bond acceptors (Lipinski definition) is 3. The van der Waals surface area contributed by atoms with E-state index in [0.29, 0.717) is 17.5 Å². The SMILES string of the molecule is CC1(C)c2ccccc2-c2ccc(-c3ccc(-c4nc(-c5ccc(-c6c7ccccc7cc7c6ccc6ccccc67)cc5)nc(-c5ccccc5-c5ccccc5)n4)cc3)cc21. The molecule has 0 saturated carbocycles. The summed E-state index contributed by atoms with van der Waals surface area (Å²) in [5.74, 6) is 1.89. The van der Waals surface area contributed by atoms with Crippen molar-refractivity contribution < 1.29 is 0 Å². The van der Waals surface area contributed by atoms with Gasteiger partial charge in [-0.25, -0.2) is 15.0 Å². The molecule has 1 heterocycles. The van der Waals surface area contributed by atoms with Gasteiger partial charge in [0, 0.05) is 22.1 Å². The van der Waals surface area contributed by atoms with Crippen LogP contribution < -0.4 is 0 Å². The van der Waals surface area contributed by atoms with Crippen LogP contribution in [-0.4, -0.2) is 15.0 Å². The summed E-state index contributed by atoms with van der Waals surface area (Å²) < 4.78 is 0. The van der Waals surface area contributed by atoms with Crippen molar-refractivity contribution in [3.8, 4) is 78.7 Å². The van der Waals surface area contributed by atoms with Crippen LogP contribution in [0.25, 0.3) is 111 Å². The second-order valence-corrected chi connectivity index (χ2v) is 17.2. The molecule has 1 aliphatic rings. The van der Waals surface area contributed by atoms with Crippen molar-refractivity contribution in [3.05, 3.63) is 223 Å². The first kappa shape index (κ1) is 36.8. The predicted molar refractivity (Wildman–Crippen MR) is 263 cm³/mol. The van der Waals surface area contributed by atoms with E-state index in [4.69, 9.17) is 15.0 Å². The van der Waals surface area contributed by atoms with E-state index >= 15 is 0 Å². The number of fused-ring (bicyclic) bond motifs is 7. The second-order valence-electron chi connectivity index (χ2n) is 17.2. The van der Waals surface area contributed by atoms with Gasteiger partial charge in [0.25, 0.3) is 0 Å². The number of rotatable bonds is 6. The van der Waals surface area contributed by atoms with Gasteiger partial charge in [0.05, 0.1) is 0 Å². The van der Waals surface area contributed by atoms with Crippen LogP contribution in [0.15, 0.2) is 212 Å². The van der Waals surface area contributed by atoms with E-state index < -0.39 is 0 Å². The Morgan fingerprint density at radius 1 is 0.286 bits per heavy atom. The van der Waals surface area contributed by atoms with E-state index in [9.17, 15) is 0 Å². The van der Waals surface area contributed by atoms with Crippen LogP contribution in [-0.2, 0) is 5.41 Å². The summed E-state index contributed by atoms with van der Waals surface area (Å²) in [6, 6.07) is 76.2. The summed E-state index contributed by atoms with van der Waals surface area (Å²) in [4.78, 5) is 15.6. The minimum atomic E-state index is -0.0641. The molecule has 0 radical (unpaired) electrons. The summed E-state index contributed by atoms with van der Waals surface area (Å²) >= 11 is 0. The Balaban J connectivity index is 0.970. The van der Waals surface area contributed by atoms with E-state index in [-0.39, 0.29) is 5.41 Å². The predicted octanol–water partition coefficient (Wildman–Crippen LogP) is 15.6. The first-order valence-electron chi connectivity index (χ1n) is 21.7. The monoisotopic (exact) mass is 803 g/mol. The van der Waals surface area contributed by atoms with Crippen LogP contribution in [0.1, 0.15) is 25.0 Å². The molecule has 0 N–H and O–H groups in total. The van der Waals surface area contributed by atoms with Crippen LogP contribution in [0.3, 0.4) is 0 Å². The number of hydrogen-bond donors (Lipinski definition) is 0. The van der Waals surface area contributed by atoms with Gasteiger partial charge in [-0.1, -0.05) is 214 Å². The Morgan fingerprint density at radius 2 is 0.825 bits per heavy atom. The van der Waals surface area contributed by atoms with Crippen LogP contribution >= 0.6 is 0 Å². The lowest BCUT2D eigenvalue weighted by molar-refractivity contribution is 0.660. The average Bonchev–Trinajstić information content (AvgIpc) is 3.58. The molecule has 1 aromatic heterocycles. The summed E-state index contributed by atoms with van der Waals surface area (Å²) in [5.41, 5.74) is 15.1. The fourth-order valence-electron chi connectivity index (χ4n) is 9.91. The molecule has 11 aromatic rings. The zero-order valence-electron chi connectivity index (χ0n) is 35.0. The highest BCUT2D eigenvalue weighted by molar-refractivity contribution is 6.20. The quantitative estimate of drug-likeness (QED) is 0.124. The van der Waals surface area contributed by atoms with Crippen molar-refractivity contribution in [2.24, 2.45) is 0 Å². The molecule has 0 aliphatic heterocycles. The fraction of sp³-hybridized carbons (Fsp3) is 0.0500. The lowest BCUT2D eigenvalue weighted by Gasteiger charge is -2.22. The zero-order valence-corrected chi connectivity index (χ0v) is 35.0. The average molecular weight is 804 g/mol. The molecule has 0 bridgehead atoms. The van der Waals surface area contributed by atoms with Crippen LogP contribution in [0, 0.1) is 0 Å². The summed E-state index contributed by atoms with van der Waals surface area (Å²) in [6.07, 6.45) is 0. The van der Waals surface area contributed by atoms with E-state index in [2.05, 4.69) is 220 Å². The fourth-order valence-corrected chi connectivity index (χ4v) is 9.91. The third-order valence-corrected chi connectivity index (χ3v) is 13.1. The highest BCUT2D eigenvalue weighted by Gasteiger charge is 2.35. The van der Waals surface area contributed by atoms with Crippen molar-refractivity contribution in [2.45, 2.75) is 19.3 Å². The lowest BCUT2D eigenvalue weighted by atomic mass is 9.81. The van der Waals surface area contributed by atoms with Gasteiger partial charge in [-0.2, -0.15) is 0 Å². The van der Waals surface area contributed by atoms with Gasteiger partial charge in [0.2, 0.25) is 0 Å². The minimum absolute atomic E-state index is 0.0641. The number of nitrogens with zero attached hydrogens (tertiary/aromatic N) is 3. The summed E-state index contributed by atoms with van der Waals surface area (Å²) in [5, 5.41) is 7.44. The largest absolute Gasteiger partial charge is 0.208 e. The van der Waals surface area contributed by atoms with Crippen LogP contribution in [0.2, 0.25) is 0 Å². The highest BCUT2D eigenvalue weighted by Crippen LogP contribution is 2.49. The van der Waals surface area contributed by atoms with E-state index in [1.54, 1.807) is 0 Å². The van der Waals surface area contributed by atoms with Gasteiger partial charge in [0.1, 0.15) is 0 Å². The van der Waals surface area contributed by atoms with Crippen LogP contribution in [0.5, 0.6) is 0 Å². The third-order valence-electron chi connectivity index (χ3n) is 13.1. The van der Waals surface area contributed by atoms with E-state index in [0.717, 1.165) is 38.9 Å². The standard InChI is InChI=1S/C60H41N3/c1-60(2)54-23-13-12-21-49(54)50-34-33-44(37-55(50)60)38-24-28-42(29-25-38)57-61-58(63-59(62-57)52-22-11-10-18-46(52)39-14-4-3-5-15-39)43-30-26-41(27-31-43)56-48-20-9-7-17-45(48)36-53-47-19-8-6-16-40(47)32-35-51(53)56/h3-37H,1-2H3. The molecule has 0 saturated heterocycles. The lowest BCUT2D eigenvalue weighted by Crippen LogP contribution is -2.14. The Hall–Kier alpha value is -8.01. The summed E-state index contributed by atoms with van der Waals surface area (Å²) in [6.45, 7) is 4.66. The van der Waals surface area contributed by atoms with E-state index in [1.165, 1.54) is 65.7 Å². The zero-order chi connectivity index (χ0) is 42.1. The molecule has 0 amide bonds. The van der Waals surface area contributed by atoms with Crippen molar-refractivity contribution in [3.63, 3.8) is 0 Å². The first-order valence-corrected chi connectivity index (χ1v) is 21.7. The molecule has 3 nitrogen and oxygen atoms in total. The maximum atomic E-state index is 5.23. The van der Waals surface area contributed by atoms with Gasteiger partial charge in [-0.15, -0.1) is 0 Å².